The van der Waals surface area contributed by atoms with Crippen LogP contribution in [0, 0.1) is 5.82 Å². The summed E-state index contributed by atoms with van der Waals surface area (Å²) in [5.74, 6) is -0.698. The van der Waals surface area contributed by atoms with Gasteiger partial charge in [-0.25, -0.2) is 4.39 Å². The minimum Gasteiger partial charge on any atom is -0.322 e. The van der Waals surface area contributed by atoms with Gasteiger partial charge in [0.1, 0.15) is 5.82 Å². The second kappa shape index (κ2) is 8.06. The van der Waals surface area contributed by atoms with E-state index in [1.165, 1.54) is 6.07 Å². The molecule has 0 radical (unpaired) electrons. The summed E-state index contributed by atoms with van der Waals surface area (Å²) in [6.45, 7) is 2.18. The lowest BCUT2D eigenvalue weighted by molar-refractivity contribution is -0.115. The number of benzene rings is 2. The van der Waals surface area contributed by atoms with Gasteiger partial charge in [-0.1, -0.05) is 47.1 Å². The zero-order valence-corrected chi connectivity index (χ0v) is 13.9. The molecular weight excluding hydrogens is 347 g/mol. The van der Waals surface area contributed by atoms with Gasteiger partial charge in [-0.2, -0.15) is 0 Å². The highest BCUT2D eigenvalue weighted by molar-refractivity contribution is 9.10. The van der Waals surface area contributed by atoms with Crippen molar-refractivity contribution in [3.63, 3.8) is 0 Å². The van der Waals surface area contributed by atoms with E-state index in [-0.39, 0.29) is 24.2 Å². The third-order valence-corrected chi connectivity index (χ3v) is 3.87. The number of hydrogen-bond acceptors (Lipinski definition) is 2. The van der Waals surface area contributed by atoms with E-state index in [4.69, 9.17) is 0 Å². The van der Waals surface area contributed by atoms with Crippen LogP contribution < -0.4 is 10.6 Å². The first-order chi connectivity index (χ1) is 10.6. The van der Waals surface area contributed by atoms with E-state index in [1.54, 1.807) is 18.2 Å². The van der Waals surface area contributed by atoms with Crippen LogP contribution >= 0.6 is 15.9 Å². The Balaban J connectivity index is 1.91. The number of nitrogens with one attached hydrogen (secondary N) is 2. The van der Waals surface area contributed by atoms with Crippen molar-refractivity contribution in [1.82, 2.24) is 5.32 Å². The molecule has 0 unspecified atom stereocenters. The monoisotopic (exact) mass is 364 g/mol. The van der Waals surface area contributed by atoms with Crippen LogP contribution in [0.5, 0.6) is 0 Å². The molecule has 1 amide bonds. The summed E-state index contributed by atoms with van der Waals surface area (Å²) in [6, 6.07) is 14.2. The molecule has 2 aromatic rings. The molecule has 0 heterocycles. The summed E-state index contributed by atoms with van der Waals surface area (Å²) >= 11 is 3.40. The number of para-hydroxylation sites is 1. The molecule has 0 saturated heterocycles. The Morgan fingerprint density at radius 1 is 1.18 bits per heavy atom. The molecule has 22 heavy (non-hydrogen) atoms. The van der Waals surface area contributed by atoms with Gasteiger partial charge in [0.15, 0.2) is 0 Å². The van der Waals surface area contributed by atoms with Crippen molar-refractivity contribution in [3.05, 3.63) is 64.4 Å². The maximum absolute atomic E-state index is 13.5. The molecule has 2 aromatic carbocycles. The molecular formula is C17H18BrFN2O. The molecule has 0 aliphatic rings. The number of anilines is 1. The number of carbonyl (C=O) groups is 1. The van der Waals surface area contributed by atoms with Gasteiger partial charge in [0.2, 0.25) is 5.91 Å². The Kier molecular flexibility index (Phi) is 6.10. The van der Waals surface area contributed by atoms with Crippen LogP contribution in [0.2, 0.25) is 0 Å². The molecule has 116 valence electrons. The third kappa shape index (κ3) is 4.64. The number of hydrogen-bond donors (Lipinski definition) is 2. The van der Waals surface area contributed by atoms with Gasteiger partial charge in [0, 0.05) is 10.5 Å². The molecule has 0 fully saturated rings. The average molecular weight is 365 g/mol. The zero-order valence-electron chi connectivity index (χ0n) is 12.3. The fourth-order valence-corrected chi connectivity index (χ4v) is 2.43. The van der Waals surface area contributed by atoms with Crippen molar-refractivity contribution in [3.8, 4) is 0 Å². The smallest absolute Gasteiger partial charge is 0.238 e. The molecule has 0 spiro atoms. The fraction of sp³-hybridized carbons (Fsp3) is 0.235. The van der Waals surface area contributed by atoms with E-state index in [9.17, 15) is 9.18 Å². The molecule has 0 saturated carbocycles. The summed E-state index contributed by atoms with van der Waals surface area (Å²) in [7, 11) is 0. The van der Waals surface area contributed by atoms with Crippen LogP contribution in [0.3, 0.4) is 0 Å². The van der Waals surface area contributed by atoms with Crippen LogP contribution in [0.15, 0.2) is 53.0 Å². The van der Waals surface area contributed by atoms with Crippen molar-refractivity contribution in [2.24, 2.45) is 0 Å². The Labute approximate surface area is 138 Å². The zero-order chi connectivity index (χ0) is 15.9. The molecule has 5 heteroatoms. The molecule has 0 aromatic heterocycles. The number of amides is 1. The Morgan fingerprint density at radius 2 is 1.86 bits per heavy atom. The van der Waals surface area contributed by atoms with E-state index in [0.29, 0.717) is 0 Å². The third-order valence-electron chi connectivity index (χ3n) is 3.34. The summed E-state index contributed by atoms with van der Waals surface area (Å²) in [6.07, 6.45) is 0.856. The van der Waals surface area contributed by atoms with Gasteiger partial charge in [0.05, 0.1) is 12.2 Å². The highest BCUT2D eigenvalue weighted by Gasteiger charge is 2.11. The van der Waals surface area contributed by atoms with E-state index in [0.717, 1.165) is 16.5 Å². The predicted octanol–water partition coefficient (Wildman–Crippen LogP) is 4.27. The predicted molar refractivity (Wildman–Crippen MR) is 90.2 cm³/mol. The summed E-state index contributed by atoms with van der Waals surface area (Å²) in [4.78, 5) is 11.9. The molecule has 0 aliphatic carbocycles. The van der Waals surface area contributed by atoms with Crippen molar-refractivity contribution >= 4 is 27.5 Å². The molecule has 0 bridgehead atoms. The summed E-state index contributed by atoms with van der Waals surface area (Å²) in [5, 5.41) is 5.76. The standard InChI is InChI=1S/C17H18BrFN2O/c1-2-15(12-7-9-13(18)10-8-12)20-11-17(22)21-16-6-4-3-5-14(16)19/h3-10,15,20H,2,11H2,1H3,(H,21,22)/t15-/m1/s1. The number of rotatable bonds is 6. The number of carbonyl (C=O) groups excluding carboxylic acids is 1. The van der Waals surface area contributed by atoms with Gasteiger partial charge >= 0.3 is 0 Å². The van der Waals surface area contributed by atoms with Crippen LogP contribution in [0.4, 0.5) is 10.1 Å². The van der Waals surface area contributed by atoms with Gasteiger partial charge in [-0.05, 0) is 36.2 Å². The SMILES string of the molecule is CC[C@@H](NCC(=O)Nc1ccccc1F)c1ccc(Br)cc1. The van der Waals surface area contributed by atoms with Crippen LogP contribution in [0.25, 0.3) is 0 Å². The van der Waals surface area contributed by atoms with E-state index >= 15 is 0 Å². The largest absolute Gasteiger partial charge is 0.322 e. The first-order valence-electron chi connectivity index (χ1n) is 7.13. The van der Waals surface area contributed by atoms with Gasteiger partial charge in [-0.15, -0.1) is 0 Å². The molecule has 1 atom stereocenters. The fourth-order valence-electron chi connectivity index (χ4n) is 2.17. The second-order valence-electron chi connectivity index (χ2n) is 4.92. The normalized spacial score (nSPS) is 12.0. The lowest BCUT2D eigenvalue weighted by Gasteiger charge is -2.17. The maximum atomic E-state index is 13.5. The van der Waals surface area contributed by atoms with E-state index in [1.807, 2.05) is 24.3 Å². The van der Waals surface area contributed by atoms with E-state index in [2.05, 4.69) is 33.5 Å². The average Bonchev–Trinajstić information content (AvgIpc) is 2.52. The van der Waals surface area contributed by atoms with Crippen molar-refractivity contribution in [1.29, 1.82) is 0 Å². The molecule has 2 N–H and O–H groups in total. The summed E-state index contributed by atoms with van der Waals surface area (Å²) < 4.78 is 14.5. The van der Waals surface area contributed by atoms with Gasteiger partial charge < -0.3 is 10.6 Å². The Hall–Kier alpha value is -1.72. The van der Waals surface area contributed by atoms with E-state index < -0.39 is 5.82 Å². The Bertz CT molecular complexity index is 631. The van der Waals surface area contributed by atoms with Crippen LogP contribution in [-0.4, -0.2) is 12.5 Å². The van der Waals surface area contributed by atoms with Crippen LogP contribution in [-0.2, 0) is 4.79 Å². The van der Waals surface area contributed by atoms with Crippen molar-refractivity contribution in [2.45, 2.75) is 19.4 Å². The summed E-state index contributed by atoms with van der Waals surface area (Å²) in [5.41, 5.74) is 1.32. The molecule has 0 aliphatic heterocycles. The van der Waals surface area contributed by atoms with Gasteiger partial charge in [-0.3, -0.25) is 4.79 Å². The van der Waals surface area contributed by atoms with Crippen molar-refractivity contribution in [2.75, 3.05) is 11.9 Å². The number of halogens is 2. The first-order valence-corrected chi connectivity index (χ1v) is 7.92. The quantitative estimate of drug-likeness (QED) is 0.803. The Morgan fingerprint density at radius 3 is 2.50 bits per heavy atom. The van der Waals surface area contributed by atoms with Crippen LogP contribution in [0.1, 0.15) is 24.9 Å². The lowest BCUT2D eigenvalue weighted by Crippen LogP contribution is -2.31. The maximum Gasteiger partial charge on any atom is 0.238 e. The molecule has 2 rings (SSSR count). The first kappa shape index (κ1) is 16.6. The lowest BCUT2D eigenvalue weighted by atomic mass is 10.0. The highest BCUT2D eigenvalue weighted by atomic mass is 79.9. The second-order valence-corrected chi connectivity index (χ2v) is 5.84. The topological polar surface area (TPSA) is 41.1 Å². The highest BCUT2D eigenvalue weighted by Crippen LogP contribution is 2.19. The minimum atomic E-state index is -0.434. The molecule has 3 nitrogen and oxygen atoms in total. The van der Waals surface area contributed by atoms with Crippen molar-refractivity contribution < 1.29 is 9.18 Å². The minimum absolute atomic E-state index is 0.0828. The van der Waals surface area contributed by atoms with Gasteiger partial charge in [0.25, 0.3) is 0 Å².